The lowest BCUT2D eigenvalue weighted by Gasteiger charge is -2.30. The number of aromatic nitrogens is 1. The molecule has 2 fully saturated rings. The summed E-state index contributed by atoms with van der Waals surface area (Å²) in [5.74, 6) is -3.93. The molecule has 2 saturated heterocycles. The first-order valence-corrected chi connectivity index (χ1v) is 10.5. The standard InChI is InChI=1S/C24H24N4O4/c1-28(2)15-9-7-13(8-10-15)20-18-19(22(30)26-21(18)29)24(27-20,23(31)32)11-14-12-25-17-6-4-3-5-16(14)17/h3-10,12,18-20,25,27H,11H2,1-2H3,(H,31,32)(H,26,29,30). The molecule has 0 spiro atoms. The number of nitrogens with one attached hydrogen (secondary N) is 3. The molecule has 2 aromatic carbocycles. The number of para-hydroxylation sites is 1. The number of carbonyl (C=O) groups is 3. The van der Waals surface area contributed by atoms with E-state index in [0.29, 0.717) is 0 Å². The Morgan fingerprint density at radius 3 is 2.47 bits per heavy atom. The molecule has 0 radical (unpaired) electrons. The van der Waals surface area contributed by atoms with Crippen LogP contribution in [0.4, 0.5) is 5.69 Å². The van der Waals surface area contributed by atoms with Gasteiger partial charge in [-0.1, -0.05) is 30.3 Å². The van der Waals surface area contributed by atoms with Gasteiger partial charge in [0.25, 0.3) is 0 Å². The Balaban J connectivity index is 1.60. The fraction of sp³-hybridized carbons (Fsp3) is 0.292. The first-order chi connectivity index (χ1) is 15.3. The van der Waals surface area contributed by atoms with Crippen molar-refractivity contribution in [2.24, 2.45) is 11.8 Å². The fourth-order valence-electron chi connectivity index (χ4n) is 5.21. The first kappa shape index (κ1) is 20.3. The highest BCUT2D eigenvalue weighted by molar-refractivity contribution is 6.09. The van der Waals surface area contributed by atoms with Crippen LogP contribution in [-0.4, -0.2) is 47.5 Å². The highest BCUT2D eigenvalue weighted by atomic mass is 16.4. The van der Waals surface area contributed by atoms with Crippen LogP contribution in [0.3, 0.4) is 0 Å². The molecule has 8 heteroatoms. The maximum Gasteiger partial charge on any atom is 0.325 e. The molecule has 0 saturated carbocycles. The van der Waals surface area contributed by atoms with Crippen molar-refractivity contribution in [1.29, 1.82) is 0 Å². The van der Waals surface area contributed by atoms with Crippen molar-refractivity contribution >= 4 is 34.4 Å². The van der Waals surface area contributed by atoms with Crippen LogP contribution in [0.15, 0.2) is 54.7 Å². The van der Waals surface area contributed by atoms with E-state index < -0.39 is 41.2 Å². The van der Waals surface area contributed by atoms with E-state index in [9.17, 15) is 19.5 Å². The highest BCUT2D eigenvalue weighted by Gasteiger charge is 2.66. The summed E-state index contributed by atoms with van der Waals surface area (Å²) >= 11 is 0. The van der Waals surface area contributed by atoms with Crippen LogP contribution in [-0.2, 0) is 20.8 Å². The molecule has 8 nitrogen and oxygen atoms in total. The van der Waals surface area contributed by atoms with Gasteiger partial charge in [0, 0.05) is 49.3 Å². The number of H-pyrrole nitrogens is 1. The van der Waals surface area contributed by atoms with Gasteiger partial charge in [-0.05, 0) is 29.3 Å². The van der Waals surface area contributed by atoms with Crippen molar-refractivity contribution in [3.63, 3.8) is 0 Å². The van der Waals surface area contributed by atoms with Gasteiger partial charge < -0.3 is 15.0 Å². The SMILES string of the molecule is CN(C)c1ccc(C2NC(Cc3c[nH]c4ccccc34)(C(=O)O)C3C(=O)NC(=O)C23)cc1. The second kappa shape index (κ2) is 7.20. The summed E-state index contributed by atoms with van der Waals surface area (Å²) in [6.07, 6.45) is 1.85. The molecule has 2 amide bonds. The molecule has 32 heavy (non-hydrogen) atoms. The average Bonchev–Trinajstić information content (AvgIpc) is 3.43. The smallest absolute Gasteiger partial charge is 0.325 e. The Bertz CT molecular complexity index is 1230. The summed E-state index contributed by atoms with van der Waals surface area (Å²) in [5, 5.41) is 16.9. The molecule has 4 N–H and O–H groups in total. The Labute approximate surface area is 184 Å². The topological polar surface area (TPSA) is 115 Å². The van der Waals surface area contributed by atoms with E-state index in [4.69, 9.17) is 0 Å². The van der Waals surface area contributed by atoms with Crippen molar-refractivity contribution in [3.8, 4) is 0 Å². The van der Waals surface area contributed by atoms with E-state index in [1.165, 1.54) is 0 Å². The van der Waals surface area contributed by atoms with Crippen molar-refractivity contribution in [3.05, 3.63) is 65.9 Å². The van der Waals surface area contributed by atoms with Crippen molar-refractivity contribution < 1.29 is 19.5 Å². The third kappa shape index (κ3) is 2.90. The molecule has 0 bridgehead atoms. The molecule has 0 aliphatic carbocycles. The van der Waals surface area contributed by atoms with Gasteiger partial charge in [-0.25, -0.2) is 0 Å². The van der Waals surface area contributed by atoms with Crippen LogP contribution in [0.2, 0.25) is 0 Å². The third-order valence-electron chi connectivity index (χ3n) is 6.79. The van der Waals surface area contributed by atoms with Gasteiger partial charge in [-0.15, -0.1) is 0 Å². The maximum atomic E-state index is 12.8. The number of aromatic amines is 1. The number of hydrogen-bond donors (Lipinski definition) is 4. The van der Waals surface area contributed by atoms with Gasteiger partial charge in [0.1, 0.15) is 5.54 Å². The lowest BCUT2D eigenvalue weighted by atomic mass is 9.76. The summed E-state index contributed by atoms with van der Waals surface area (Å²) < 4.78 is 0. The van der Waals surface area contributed by atoms with E-state index in [0.717, 1.165) is 27.7 Å². The van der Waals surface area contributed by atoms with E-state index in [1.54, 1.807) is 6.20 Å². The Morgan fingerprint density at radius 1 is 1.06 bits per heavy atom. The predicted octanol–water partition coefficient (Wildman–Crippen LogP) is 1.83. The molecule has 4 unspecified atom stereocenters. The third-order valence-corrected chi connectivity index (χ3v) is 6.79. The van der Waals surface area contributed by atoms with Crippen LogP contribution in [0.25, 0.3) is 10.9 Å². The number of carboxylic acids is 1. The first-order valence-electron chi connectivity index (χ1n) is 10.5. The number of anilines is 1. The van der Waals surface area contributed by atoms with E-state index in [-0.39, 0.29) is 6.42 Å². The molecule has 3 aromatic rings. The number of carboxylic acid groups (broad SMARTS) is 1. The zero-order valence-corrected chi connectivity index (χ0v) is 17.8. The fourth-order valence-corrected chi connectivity index (χ4v) is 5.21. The molecule has 5 rings (SSSR count). The number of imide groups is 1. The number of benzene rings is 2. The number of carbonyl (C=O) groups excluding carboxylic acids is 2. The summed E-state index contributed by atoms with van der Waals surface area (Å²) in [6, 6.07) is 14.6. The minimum atomic E-state index is -1.61. The summed E-state index contributed by atoms with van der Waals surface area (Å²) in [4.78, 5) is 43.5. The number of nitrogens with zero attached hydrogens (tertiary/aromatic N) is 1. The highest BCUT2D eigenvalue weighted by Crippen LogP contribution is 2.48. The lowest BCUT2D eigenvalue weighted by molar-refractivity contribution is -0.149. The maximum absolute atomic E-state index is 12.8. The number of hydrogen-bond acceptors (Lipinski definition) is 5. The van der Waals surface area contributed by atoms with Gasteiger partial charge >= 0.3 is 5.97 Å². The number of aliphatic carboxylic acids is 1. The van der Waals surface area contributed by atoms with Crippen LogP contribution < -0.4 is 15.5 Å². The van der Waals surface area contributed by atoms with Gasteiger partial charge in [0.05, 0.1) is 11.8 Å². The molecule has 4 atom stereocenters. The van der Waals surface area contributed by atoms with E-state index in [1.807, 2.05) is 67.5 Å². The van der Waals surface area contributed by atoms with E-state index >= 15 is 0 Å². The zero-order chi connectivity index (χ0) is 22.6. The average molecular weight is 432 g/mol. The second-order valence-electron chi connectivity index (χ2n) is 8.78. The number of fused-ring (bicyclic) bond motifs is 2. The molecule has 2 aliphatic rings. The summed E-state index contributed by atoms with van der Waals surface area (Å²) in [5.41, 5.74) is 1.82. The minimum absolute atomic E-state index is 0.0699. The van der Waals surface area contributed by atoms with Gasteiger partial charge in [-0.3, -0.25) is 25.0 Å². The Kier molecular flexibility index (Phi) is 4.56. The van der Waals surface area contributed by atoms with Gasteiger partial charge in [-0.2, -0.15) is 0 Å². The molecule has 164 valence electrons. The molecular formula is C24H24N4O4. The molecule has 1 aromatic heterocycles. The Hall–Kier alpha value is -3.65. The van der Waals surface area contributed by atoms with Crippen LogP contribution in [0.5, 0.6) is 0 Å². The molecular weight excluding hydrogens is 408 g/mol. The molecule has 3 heterocycles. The normalized spacial score (nSPS) is 26.9. The van der Waals surface area contributed by atoms with Gasteiger partial charge in [0.2, 0.25) is 11.8 Å². The quantitative estimate of drug-likeness (QED) is 0.458. The van der Waals surface area contributed by atoms with Crippen molar-refractivity contribution in [1.82, 2.24) is 15.6 Å². The monoisotopic (exact) mass is 432 g/mol. The van der Waals surface area contributed by atoms with Crippen molar-refractivity contribution in [2.45, 2.75) is 18.0 Å². The van der Waals surface area contributed by atoms with Crippen molar-refractivity contribution in [2.75, 3.05) is 19.0 Å². The number of amides is 2. The number of rotatable bonds is 5. The zero-order valence-electron chi connectivity index (χ0n) is 17.8. The Morgan fingerprint density at radius 2 is 1.78 bits per heavy atom. The van der Waals surface area contributed by atoms with Crippen LogP contribution in [0, 0.1) is 11.8 Å². The minimum Gasteiger partial charge on any atom is -0.480 e. The largest absolute Gasteiger partial charge is 0.480 e. The summed E-state index contributed by atoms with van der Waals surface area (Å²) in [6.45, 7) is 0. The van der Waals surface area contributed by atoms with Gasteiger partial charge in [0.15, 0.2) is 0 Å². The summed E-state index contributed by atoms with van der Waals surface area (Å²) in [7, 11) is 3.86. The van der Waals surface area contributed by atoms with Crippen LogP contribution >= 0.6 is 0 Å². The van der Waals surface area contributed by atoms with Crippen LogP contribution in [0.1, 0.15) is 17.2 Å². The predicted molar refractivity (Wildman–Crippen MR) is 119 cm³/mol. The van der Waals surface area contributed by atoms with E-state index in [2.05, 4.69) is 15.6 Å². The lowest BCUT2D eigenvalue weighted by Crippen LogP contribution is -2.57. The molecule has 2 aliphatic heterocycles. The second-order valence-corrected chi connectivity index (χ2v) is 8.78.